The number of pyridine rings is 2. The summed E-state index contributed by atoms with van der Waals surface area (Å²) >= 11 is 0. The van der Waals surface area contributed by atoms with Crippen LogP contribution in [0, 0.1) is 23.5 Å². The number of benzene rings is 4. The Morgan fingerprint density at radius 1 is 0.578 bits per heavy atom. The molecule has 4 heterocycles. The van der Waals surface area contributed by atoms with Gasteiger partial charge in [0.1, 0.15) is 11.6 Å². The van der Waals surface area contributed by atoms with Crippen molar-refractivity contribution >= 4 is 46.8 Å². The number of rotatable bonds is 8. The first-order valence-corrected chi connectivity index (χ1v) is 22.9. The fourth-order valence-corrected chi connectivity index (χ4v) is 11.2. The number of halogens is 2. The molecule has 10 heteroatoms. The zero-order valence-electron chi connectivity index (χ0n) is 174. The zero-order valence-corrected chi connectivity index (χ0v) is 38.6. The Labute approximate surface area is 610 Å². The summed E-state index contributed by atoms with van der Waals surface area (Å²) in [7, 11) is 0. The molecule has 4 fully saturated rings. The molecule has 457 valence electrons. The fraction of sp³-hybridized carbons (Fsp3) is 0.352. The average Bonchev–Trinajstić information content (AvgIpc) is 1.61. The normalized spacial score (nSPS) is 30.0. The van der Waals surface area contributed by atoms with Crippen LogP contribution >= 0.6 is 0 Å². The summed E-state index contributed by atoms with van der Waals surface area (Å²) in [5.74, 6) is 2.15. The molecular formula is C54H191BF2N4NaO2. The van der Waals surface area contributed by atoms with Gasteiger partial charge in [-0.25, -0.2) is 18.7 Å². The van der Waals surface area contributed by atoms with E-state index in [0.717, 1.165) is 84.6 Å². The van der Waals surface area contributed by atoms with Gasteiger partial charge in [0.05, 0.1) is 53.6 Å². The molecule has 0 bridgehead atoms. The van der Waals surface area contributed by atoms with Crippen molar-refractivity contribution in [1.29, 1.82) is 0 Å². The third kappa shape index (κ3) is 8.38. The maximum Gasteiger partial charge on any atom is 1.00 e. The largest absolute Gasteiger partial charge is 1.00 e. The second-order valence-electron chi connectivity index (χ2n) is 18.6. The maximum absolute atomic E-state index is 14.3. The van der Waals surface area contributed by atoms with Gasteiger partial charge in [-0.1, -0.05) is 72.8 Å². The van der Waals surface area contributed by atoms with Gasteiger partial charge >= 0.3 is 29.6 Å². The van der Waals surface area contributed by atoms with Gasteiger partial charge in [-0.05, 0) is 164 Å². The molecule has 1 atom stereocenters. The first kappa shape index (κ1) is 11.0. The molecule has 0 saturated heterocycles. The van der Waals surface area contributed by atoms with Crippen LogP contribution in [0.4, 0.5) is 8.78 Å². The molecule has 4 aromatic carbocycles. The van der Waals surface area contributed by atoms with E-state index in [2.05, 4.69) is 38.6 Å². The number of imidazole rings is 2. The predicted molar refractivity (Wildman–Crippen MR) is 394 cm³/mol. The van der Waals surface area contributed by atoms with Crippen molar-refractivity contribution in [3.8, 4) is 0 Å². The number of carbonyl (C=O) groups is 1. The summed E-state index contributed by atoms with van der Waals surface area (Å²) < 4.78 is 713. The molecule has 1 N–H and O–H groups in total. The number of aliphatic hydroxyl groups excluding tert-OH is 1. The molecule has 0 spiro atoms. The number of aromatic nitrogens is 4. The molecule has 0 aliphatic heterocycles. The molecule has 4 aliphatic rings. The van der Waals surface area contributed by atoms with E-state index in [1.165, 1.54) is 47.9 Å². The Hall–Kier alpha value is -4.67. The molecule has 6 nitrogen and oxygen atoms in total. The summed E-state index contributed by atoms with van der Waals surface area (Å²) in [5, 5.41) is 14.9. The van der Waals surface area contributed by atoms with Crippen molar-refractivity contribution in [1.82, 2.24) is 18.8 Å². The van der Waals surface area contributed by atoms with Gasteiger partial charge in [-0.15, -0.1) is 0 Å². The zero-order chi connectivity index (χ0) is 178. The summed E-state index contributed by atoms with van der Waals surface area (Å²) in [6.45, 7) is 0. The topological polar surface area (TPSA) is 71.9 Å². The molecule has 12 rings (SSSR count). The first-order chi connectivity index (χ1) is 98.4. The van der Waals surface area contributed by atoms with Crippen molar-refractivity contribution in [2.75, 3.05) is 0 Å². The monoisotopic (exact) mass is 1140 g/mol. The Morgan fingerprint density at radius 3 is 1.55 bits per heavy atom. The van der Waals surface area contributed by atoms with Crippen LogP contribution in [0.15, 0.2) is 122 Å². The number of aliphatic hydroxyl groups is 1. The van der Waals surface area contributed by atoms with Crippen molar-refractivity contribution < 1.29 is 253 Å². The molecule has 1 unspecified atom stereocenters. The van der Waals surface area contributed by atoms with E-state index in [0.29, 0.717) is 34.4 Å². The Balaban J connectivity index is -0.0000000178. The van der Waals surface area contributed by atoms with Gasteiger partial charge in [-0.3, -0.25) is 9.20 Å². The van der Waals surface area contributed by atoms with Crippen molar-refractivity contribution in [3.05, 3.63) is 167 Å². The second-order valence-corrected chi connectivity index (χ2v) is 18.6. The smallest absolute Gasteiger partial charge is 1.00 e. The van der Waals surface area contributed by atoms with Crippen molar-refractivity contribution in [2.24, 2.45) is 11.8 Å². The van der Waals surface area contributed by atoms with E-state index < -0.39 is 6.10 Å². The van der Waals surface area contributed by atoms with Crippen molar-refractivity contribution in [3.63, 3.8) is 0 Å². The molecular weight excluding hydrogens is 808 g/mol. The van der Waals surface area contributed by atoms with Crippen LogP contribution in [0.1, 0.15) is 350 Å². The summed E-state index contributed by atoms with van der Waals surface area (Å²) in [4.78, 5) is 22.3. The standard InChI is InChI=1S/C27H27FN2O.C27H25FN2O.B.Na.69H2.H/c2*28-25-14-13-21(23-3-1-2-4-24(23)25)17-7-9-19(10-8-17)27(31)26-22(18-5-6-18)12-11-20-15-29-16-30(20)26;;;;;;;;;;;;;;;;;;;;;;;;;;;;;;;;;;;;;;;;;;;;;;;;;;;;;;;;;;;;;;;;;;;;;;;;/h1-4,11-19,27,31H,5-10H2;1-4,11-19H,5-10H2;;;69*1H;/q;;;+1;;;;;;;;;;;;;;;;;;;;;;;;;;;;;;;;;;;;;;;;;;;;;;;;;;;;;;;;;;;;;;;;;;;;;;-1/i;;;;68*1+1D;1+1;. The molecule has 4 aromatic heterocycles. The Kier molecular flexibility index (Phi) is 3.22. The molecule has 4 aliphatic carbocycles. The van der Waals surface area contributed by atoms with Gasteiger partial charge in [0, 0.05) is 228 Å². The molecule has 64 heavy (non-hydrogen) atoms. The van der Waals surface area contributed by atoms with Crippen LogP contribution < -0.4 is 29.6 Å². The van der Waals surface area contributed by atoms with Gasteiger partial charge in [0.25, 0.3) is 0 Å². The number of hydrogen-bond donors (Lipinski definition) is 1. The number of nitrogens with zero attached hydrogens (tertiary/aromatic N) is 4. The third-order valence-electron chi connectivity index (χ3n) is 14.8. The minimum absolute atomic E-state index is 0. The van der Waals surface area contributed by atoms with Gasteiger partial charge < -0.3 is 10.9 Å². The molecule has 4 saturated carbocycles. The Morgan fingerprint density at radius 2 is 1.00 bits per heavy atom. The first-order valence-electron chi connectivity index (χ1n) is 90.9. The van der Waals surface area contributed by atoms with E-state index in [1.54, 1.807) is 18.5 Å². The number of hydrogen-bond acceptors (Lipinski definition) is 4. The molecule has 0 amide bonds. The second kappa shape index (κ2) is 18.7. The van der Waals surface area contributed by atoms with Crippen LogP contribution in [0.3, 0.4) is 0 Å². The van der Waals surface area contributed by atoms with Crippen LogP contribution in [0.25, 0.3) is 32.6 Å². The van der Waals surface area contributed by atoms with Crippen LogP contribution in [0.5, 0.6) is 0 Å². The van der Waals surface area contributed by atoms with Gasteiger partial charge in [0.2, 0.25) is 0 Å². The van der Waals surface area contributed by atoms with E-state index in [1.807, 2.05) is 83.8 Å². The summed E-state index contributed by atoms with van der Waals surface area (Å²) in [5.41, 5.74) is 8.90. The van der Waals surface area contributed by atoms with E-state index in [4.69, 9.17) is 202 Å². The number of fused-ring (bicyclic) bond motifs is 4. The molecule has 3 radical (unpaired) electrons. The van der Waals surface area contributed by atoms with Gasteiger partial charge in [0.15, 0.2) is 5.78 Å². The van der Waals surface area contributed by atoms with Crippen LogP contribution in [-0.2, 0) is 0 Å². The minimum Gasteiger partial charge on any atom is -1.00 e. The Bertz CT molecular complexity index is 3140. The molecule has 8 aromatic rings. The van der Waals surface area contributed by atoms with Gasteiger partial charge in [-0.2, -0.15) is 0 Å². The van der Waals surface area contributed by atoms with E-state index in [9.17, 15) is 18.7 Å². The minimum atomic E-state index is -0.473. The summed E-state index contributed by atoms with van der Waals surface area (Å²) in [6.07, 6.45) is 19.3. The van der Waals surface area contributed by atoms with Crippen LogP contribution in [-0.4, -0.2) is 38.1 Å². The predicted octanol–water partition coefficient (Wildman–Crippen LogP) is 26.9. The maximum atomic E-state index is 14.3. The number of ketones is 1. The fourth-order valence-electron chi connectivity index (χ4n) is 11.2. The van der Waals surface area contributed by atoms with E-state index >= 15 is 0 Å². The van der Waals surface area contributed by atoms with E-state index in [-0.39, 0.29) is 70.1 Å². The quantitative estimate of drug-likeness (QED) is 0.122. The van der Waals surface area contributed by atoms with Crippen molar-refractivity contribution in [2.45, 2.75) is 107 Å². The average molecular weight is 1140 g/mol. The summed E-state index contributed by atoms with van der Waals surface area (Å²) in [6, 6.07) is 31.2. The SMILES string of the molecule is O=C(c1c(C2CC2)ccc2cncn12)C1CCC(c2ccc(F)c3ccccc23)CC1.OC(c1c(C2CC2)ccc2cncn12)C1CCC(c2ccc(F)c3ccccc23)CC1.[2HH].[2H][2H].[2H][2H].[2H][2H].[2H][2H].[2H][2H].[2H][2H].[2H][2H].[2H][2H].[2H][2H].[2H][2H].[2H][2H].[2H][2H].[2H][2H].[2H][2H].[2H][2H].[2H][2H].[2H][2H].[2H][2H].[2H][2H].[2H][2H].[2H][2H].[2H][2H].[2H][2H].[2H][2H].[2H][2H].[2H][2H].[2H][2H].[2H][2H].[2H][2H].[2H][2H].[2H][2H].[2H][2H].[2H][2H].[2H][2H].[2H][2H].[2H][2H].[2H][2H].[2H][2H].[2H][2H].[2H][2H].[2H][2H].[2H][2H].[2H][2H].[2H][2H].[2H][2H].[2H][2H].[2H][2H].[2H][2H].[2H][2H].[2H][2H].[2H][2H].[2H][2H].[2H][2H].[2H][2H].[2H][2H].[2H][2H].[2H][2H].[2H][2H].[2H][2H].[2H][2H].[2H][2H].[2H][2H].[2H][2H].[2H][2H].[2H][2H].[2H][2H].[2H][2H].[2H][2H].[B].[H-].[Na+]. The number of Topliss-reactive ketones (excluding diaryl/α,β-unsaturated/α-hetero) is 1. The van der Waals surface area contributed by atoms with Crippen LogP contribution in [0.2, 0.25) is 0 Å². The third-order valence-corrected chi connectivity index (χ3v) is 14.8. The number of carbonyl (C=O) groups excluding carboxylic acids is 1.